The Morgan fingerprint density at radius 3 is 2.54 bits per heavy atom. The maximum Gasteiger partial charge on any atom is 0.191 e. The smallest absolute Gasteiger partial charge is 0.191 e. The number of guanidine groups is 1. The first kappa shape index (κ1) is 20.9. The van der Waals surface area contributed by atoms with Gasteiger partial charge in [-0.05, 0) is 50.2 Å². The Balaban J connectivity index is 1.42. The van der Waals surface area contributed by atoms with E-state index < -0.39 is 0 Å². The maximum absolute atomic E-state index is 4.59. The number of pyridine rings is 1. The zero-order valence-electron chi connectivity index (χ0n) is 17.7. The molecule has 0 aliphatic carbocycles. The topological polar surface area (TPSA) is 59.0 Å². The molecule has 0 radical (unpaired) electrons. The molecular formula is C21H37N7. The van der Waals surface area contributed by atoms with Gasteiger partial charge in [0, 0.05) is 59.1 Å². The predicted molar refractivity (Wildman–Crippen MR) is 117 cm³/mol. The molecule has 2 fully saturated rings. The largest absolute Gasteiger partial charge is 0.355 e. The molecule has 0 atom stereocenters. The second-order valence-corrected chi connectivity index (χ2v) is 7.70. The number of hydrogen-bond donors (Lipinski definition) is 2. The van der Waals surface area contributed by atoms with Crippen LogP contribution in [0.25, 0.3) is 0 Å². The lowest BCUT2D eigenvalue weighted by Crippen LogP contribution is -2.46. The molecule has 0 bridgehead atoms. The molecule has 0 saturated carbocycles. The van der Waals surface area contributed by atoms with Crippen molar-refractivity contribution in [1.82, 2.24) is 25.4 Å². The summed E-state index contributed by atoms with van der Waals surface area (Å²) in [7, 11) is 1.83. The summed E-state index contributed by atoms with van der Waals surface area (Å²) in [5.41, 5.74) is 1.24. The van der Waals surface area contributed by atoms with Crippen molar-refractivity contribution in [2.75, 3.05) is 70.9 Å². The van der Waals surface area contributed by atoms with E-state index in [0.29, 0.717) is 0 Å². The second kappa shape index (κ2) is 11.2. The molecule has 28 heavy (non-hydrogen) atoms. The summed E-state index contributed by atoms with van der Waals surface area (Å²) in [6.07, 6.45) is 5.98. The molecule has 3 heterocycles. The van der Waals surface area contributed by atoms with E-state index >= 15 is 0 Å². The van der Waals surface area contributed by atoms with Gasteiger partial charge in [0.15, 0.2) is 5.96 Å². The number of piperidine rings is 1. The SMILES string of the molecule is CCN1CCN(c2cc(CNC(=NC)NCCN3CCCCC3)ccn2)CC1. The van der Waals surface area contributed by atoms with Crippen LogP contribution in [0.5, 0.6) is 0 Å². The number of anilines is 1. The summed E-state index contributed by atoms with van der Waals surface area (Å²) in [5.74, 6) is 1.95. The molecule has 0 spiro atoms. The molecule has 2 aliphatic heterocycles. The van der Waals surface area contributed by atoms with E-state index in [-0.39, 0.29) is 0 Å². The molecular weight excluding hydrogens is 350 g/mol. The molecule has 0 amide bonds. The highest BCUT2D eigenvalue weighted by Gasteiger charge is 2.17. The third-order valence-corrected chi connectivity index (χ3v) is 5.81. The fraction of sp³-hybridized carbons (Fsp3) is 0.714. The van der Waals surface area contributed by atoms with E-state index in [1.807, 2.05) is 13.2 Å². The number of piperazine rings is 1. The lowest BCUT2D eigenvalue weighted by molar-refractivity contribution is 0.232. The van der Waals surface area contributed by atoms with E-state index in [4.69, 9.17) is 0 Å². The summed E-state index contributed by atoms with van der Waals surface area (Å²) in [6.45, 7) is 13.0. The Hall–Kier alpha value is -1.86. The molecule has 0 unspecified atom stereocenters. The van der Waals surface area contributed by atoms with Crippen molar-refractivity contribution in [3.63, 3.8) is 0 Å². The van der Waals surface area contributed by atoms with Gasteiger partial charge in [0.25, 0.3) is 0 Å². The molecule has 1 aromatic rings. The number of aliphatic imine (C=N–C) groups is 1. The highest BCUT2D eigenvalue weighted by atomic mass is 15.3. The average Bonchev–Trinajstić information content (AvgIpc) is 2.77. The van der Waals surface area contributed by atoms with Crippen LogP contribution in [0.15, 0.2) is 23.3 Å². The molecule has 2 N–H and O–H groups in total. The van der Waals surface area contributed by atoms with Crippen molar-refractivity contribution in [2.24, 2.45) is 4.99 Å². The molecule has 7 nitrogen and oxygen atoms in total. The van der Waals surface area contributed by atoms with Gasteiger partial charge in [-0.25, -0.2) is 4.98 Å². The van der Waals surface area contributed by atoms with Crippen LogP contribution >= 0.6 is 0 Å². The van der Waals surface area contributed by atoms with Crippen molar-refractivity contribution in [3.8, 4) is 0 Å². The van der Waals surface area contributed by atoms with E-state index in [0.717, 1.165) is 64.1 Å². The number of hydrogen-bond acceptors (Lipinski definition) is 5. The number of likely N-dealkylation sites (tertiary alicyclic amines) is 1. The van der Waals surface area contributed by atoms with Gasteiger partial charge in [0.05, 0.1) is 0 Å². The number of rotatable bonds is 7. The maximum atomic E-state index is 4.59. The van der Waals surface area contributed by atoms with E-state index in [1.165, 1.54) is 37.9 Å². The minimum absolute atomic E-state index is 0.758. The van der Waals surface area contributed by atoms with Crippen LogP contribution in [0.4, 0.5) is 5.82 Å². The lowest BCUT2D eigenvalue weighted by Gasteiger charge is -2.34. The second-order valence-electron chi connectivity index (χ2n) is 7.70. The minimum Gasteiger partial charge on any atom is -0.355 e. The van der Waals surface area contributed by atoms with Crippen LogP contribution in [-0.4, -0.2) is 86.7 Å². The standard InChI is InChI=1S/C21H37N7/c1-3-26-13-15-28(16-14-26)20-17-19(7-8-23-20)18-25-21(22-2)24-9-12-27-10-5-4-6-11-27/h7-8,17H,3-6,9-16,18H2,1-2H3,(H2,22,24,25). The van der Waals surface area contributed by atoms with Crippen LogP contribution < -0.4 is 15.5 Å². The van der Waals surface area contributed by atoms with Crippen molar-refractivity contribution in [2.45, 2.75) is 32.7 Å². The third-order valence-electron chi connectivity index (χ3n) is 5.81. The Kier molecular flexibility index (Phi) is 8.36. The predicted octanol–water partition coefficient (Wildman–Crippen LogP) is 1.37. The molecule has 156 valence electrons. The molecule has 2 saturated heterocycles. The lowest BCUT2D eigenvalue weighted by atomic mass is 10.1. The van der Waals surface area contributed by atoms with Gasteiger partial charge in [-0.3, -0.25) is 4.99 Å². The Morgan fingerprint density at radius 2 is 1.82 bits per heavy atom. The number of nitrogens with one attached hydrogen (secondary N) is 2. The number of aromatic nitrogens is 1. The van der Waals surface area contributed by atoms with Gasteiger partial charge in [-0.1, -0.05) is 13.3 Å². The summed E-state index contributed by atoms with van der Waals surface area (Å²) in [6, 6.07) is 4.29. The van der Waals surface area contributed by atoms with Crippen LogP contribution in [-0.2, 0) is 6.54 Å². The summed E-state index contributed by atoms with van der Waals surface area (Å²) < 4.78 is 0. The zero-order chi connectivity index (χ0) is 19.6. The summed E-state index contributed by atoms with van der Waals surface area (Å²) >= 11 is 0. The van der Waals surface area contributed by atoms with E-state index in [2.05, 4.69) is 54.4 Å². The minimum atomic E-state index is 0.758. The first-order valence-corrected chi connectivity index (χ1v) is 10.9. The summed E-state index contributed by atoms with van der Waals surface area (Å²) in [5, 5.41) is 6.88. The van der Waals surface area contributed by atoms with E-state index in [1.54, 1.807) is 0 Å². The van der Waals surface area contributed by atoms with Crippen LogP contribution in [0.1, 0.15) is 31.7 Å². The van der Waals surface area contributed by atoms with Gasteiger partial charge >= 0.3 is 0 Å². The first-order valence-electron chi connectivity index (χ1n) is 10.9. The van der Waals surface area contributed by atoms with Gasteiger partial charge in [-0.2, -0.15) is 0 Å². The molecule has 3 rings (SSSR count). The van der Waals surface area contributed by atoms with Crippen molar-refractivity contribution in [3.05, 3.63) is 23.9 Å². The molecule has 2 aliphatic rings. The zero-order valence-corrected chi connectivity index (χ0v) is 17.7. The third kappa shape index (κ3) is 6.34. The quantitative estimate of drug-likeness (QED) is 0.544. The Morgan fingerprint density at radius 1 is 1.04 bits per heavy atom. The van der Waals surface area contributed by atoms with Crippen LogP contribution in [0.3, 0.4) is 0 Å². The van der Waals surface area contributed by atoms with Crippen molar-refractivity contribution >= 4 is 11.8 Å². The van der Waals surface area contributed by atoms with Gasteiger partial charge < -0.3 is 25.3 Å². The van der Waals surface area contributed by atoms with Gasteiger partial charge in [0.1, 0.15) is 5.82 Å². The fourth-order valence-electron chi connectivity index (χ4n) is 3.96. The number of likely N-dealkylation sites (N-methyl/N-ethyl adjacent to an activating group) is 1. The summed E-state index contributed by atoms with van der Waals surface area (Å²) in [4.78, 5) is 16.4. The van der Waals surface area contributed by atoms with Crippen LogP contribution in [0.2, 0.25) is 0 Å². The Bertz CT molecular complexity index is 605. The highest BCUT2D eigenvalue weighted by Crippen LogP contribution is 2.15. The van der Waals surface area contributed by atoms with E-state index in [9.17, 15) is 0 Å². The molecule has 0 aromatic carbocycles. The highest BCUT2D eigenvalue weighted by molar-refractivity contribution is 5.79. The van der Waals surface area contributed by atoms with Crippen molar-refractivity contribution < 1.29 is 0 Å². The fourth-order valence-corrected chi connectivity index (χ4v) is 3.96. The van der Waals surface area contributed by atoms with Gasteiger partial charge in [-0.15, -0.1) is 0 Å². The Labute approximate surface area is 170 Å². The molecule has 1 aromatic heterocycles. The van der Waals surface area contributed by atoms with Crippen LogP contribution in [0, 0.1) is 0 Å². The van der Waals surface area contributed by atoms with Crippen molar-refractivity contribution in [1.29, 1.82) is 0 Å². The molecule has 7 heteroatoms. The normalized spacial score (nSPS) is 19.6. The first-order chi connectivity index (χ1) is 13.8. The average molecular weight is 388 g/mol. The number of nitrogens with zero attached hydrogens (tertiary/aromatic N) is 5. The monoisotopic (exact) mass is 387 g/mol. The van der Waals surface area contributed by atoms with Gasteiger partial charge in [0.2, 0.25) is 0 Å².